The molecule has 0 aliphatic carbocycles. The quantitative estimate of drug-likeness (QED) is 0.788. The van der Waals surface area contributed by atoms with E-state index in [1.807, 2.05) is 6.07 Å². The third kappa shape index (κ3) is 2.26. The van der Waals surface area contributed by atoms with Crippen molar-refractivity contribution in [3.8, 4) is 22.9 Å². The first kappa shape index (κ1) is 11.2. The third-order valence-electron chi connectivity index (χ3n) is 2.48. The minimum absolute atomic E-state index is 0.199. The number of methoxy groups -OCH3 is 1. The number of hydrogen-bond donors (Lipinski definition) is 0. The number of hydrogen-bond acceptors (Lipinski definition) is 2. The maximum Gasteiger partial charge on any atom is 0.165 e. The van der Waals surface area contributed by atoms with Gasteiger partial charge < -0.3 is 4.74 Å². The van der Waals surface area contributed by atoms with E-state index in [4.69, 9.17) is 10.00 Å². The van der Waals surface area contributed by atoms with Crippen LogP contribution in [-0.4, -0.2) is 7.11 Å². The zero-order chi connectivity index (χ0) is 12.3. The summed E-state index contributed by atoms with van der Waals surface area (Å²) in [6.45, 7) is 0. The van der Waals surface area contributed by atoms with Gasteiger partial charge in [-0.05, 0) is 35.4 Å². The number of ether oxygens (including phenoxy) is 1. The molecule has 2 rings (SSSR count). The Hall–Kier alpha value is -2.34. The van der Waals surface area contributed by atoms with Crippen LogP contribution in [0.25, 0.3) is 11.1 Å². The fraction of sp³-hybridized carbons (Fsp3) is 0.0714. The highest BCUT2D eigenvalue weighted by Crippen LogP contribution is 2.26. The van der Waals surface area contributed by atoms with Crippen molar-refractivity contribution < 1.29 is 9.13 Å². The first-order chi connectivity index (χ1) is 8.24. The van der Waals surface area contributed by atoms with E-state index in [0.29, 0.717) is 5.56 Å². The molecule has 0 bridgehead atoms. The molecule has 0 fully saturated rings. The second-order valence-corrected chi connectivity index (χ2v) is 3.54. The number of nitriles is 1. The maximum absolute atomic E-state index is 13.3. The van der Waals surface area contributed by atoms with E-state index in [-0.39, 0.29) is 5.75 Å². The Morgan fingerprint density at radius 2 is 1.88 bits per heavy atom. The summed E-state index contributed by atoms with van der Waals surface area (Å²) in [6.07, 6.45) is 0. The second kappa shape index (κ2) is 4.67. The molecular weight excluding hydrogens is 217 g/mol. The smallest absolute Gasteiger partial charge is 0.165 e. The SMILES string of the molecule is COc1cc(-c2cccc(C#N)c2)ccc1F. The summed E-state index contributed by atoms with van der Waals surface area (Å²) in [7, 11) is 1.42. The summed E-state index contributed by atoms with van der Waals surface area (Å²) in [6, 6.07) is 13.9. The van der Waals surface area contributed by atoms with Crippen molar-refractivity contribution in [1.82, 2.24) is 0 Å². The zero-order valence-electron chi connectivity index (χ0n) is 9.27. The van der Waals surface area contributed by atoms with Gasteiger partial charge in [-0.2, -0.15) is 5.26 Å². The summed E-state index contributed by atoms with van der Waals surface area (Å²) >= 11 is 0. The molecular formula is C14H10FNO. The van der Waals surface area contributed by atoms with Gasteiger partial charge in [0.2, 0.25) is 0 Å². The van der Waals surface area contributed by atoms with E-state index in [1.54, 1.807) is 30.3 Å². The molecule has 0 heterocycles. The van der Waals surface area contributed by atoms with Gasteiger partial charge in [0.05, 0.1) is 18.7 Å². The number of rotatable bonds is 2. The molecule has 84 valence electrons. The molecule has 0 atom stereocenters. The molecule has 0 N–H and O–H groups in total. The van der Waals surface area contributed by atoms with Crippen LogP contribution in [0.5, 0.6) is 5.75 Å². The van der Waals surface area contributed by atoms with E-state index in [9.17, 15) is 4.39 Å². The lowest BCUT2D eigenvalue weighted by molar-refractivity contribution is 0.387. The molecule has 0 amide bonds. The van der Waals surface area contributed by atoms with Gasteiger partial charge in [-0.25, -0.2) is 4.39 Å². The van der Waals surface area contributed by atoms with Gasteiger partial charge in [-0.15, -0.1) is 0 Å². The Balaban J connectivity index is 2.49. The van der Waals surface area contributed by atoms with Crippen LogP contribution in [-0.2, 0) is 0 Å². The van der Waals surface area contributed by atoms with Crippen molar-refractivity contribution in [1.29, 1.82) is 5.26 Å². The predicted octanol–water partition coefficient (Wildman–Crippen LogP) is 3.37. The van der Waals surface area contributed by atoms with E-state index in [2.05, 4.69) is 6.07 Å². The molecule has 0 saturated carbocycles. The van der Waals surface area contributed by atoms with Crippen LogP contribution in [0.1, 0.15) is 5.56 Å². The van der Waals surface area contributed by atoms with Gasteiger partial charge in [0, 0.05) is 0 Å². The van der Waals surface area contributed by atoms with Crippen molar-refractivity contribution in [2.45, 2.75) is 0 Å². The molecule has 2 aromatic rings. The van der Waals surface area contributed by atoms with Crippen LogP contribution in [0, 0.1) is 17.1 Å². The maximum atomic E-state index is 13.3. The lowest BCUT2D eigenvalue weighted by Gasteiger charge is -2.06. The molecule has 0 unspecified atom stereocenters. The lowest BCUT2D eigenvalue weighted by Crippen LogP contribution is -1.89. The van der Waals surface area contributed by atoms with E-state index in [1.165, 1.54) is 13.2 Å². The second-order valence-electron chi connectivity index (χ2n) is 3.54. The molecule has 0 saturated heterocycles. The zero-order valence-corrected chi connectivity index (χ0v) is 9.27. The van der Waals surface area contributed by atoms with Crippen LogP contribution in [0.3, 0.4) is 0 Å². The summed E-state index contributed by atoms with van der Waals surface area (Å²) in [5, 5.41) is 8.82. The highest BCUT2D eigenvalue weighted by atomic mass is 19.1. The minimum atomic E-state index is -0.396. The summed E-state index contributed by atoms with van der Waals surface area (Å²) in [5.41, 5.74) is 2.26. The molecule has 0 aliphatic heterocycles. The van der Waals surface area contributed by atoms with Crippen LogP contribution in [0.4, 0.5) is 4.39 Å². The van der Waals surface area contributed by atoms with Crippen LogP contribution in [0.15, 0.2) is 42.5 Å². The first-order valence-electron chi connectivity index (χ1n) is 5.08. The van der Waals surface area contributed by atoms with E-state index < -0.39 is 5.82 Å². The molecule has 3 heteroatoms. The van der Waals surface area contributed by atoms with Gasteiger partial charge in [-0.3, -0.25) is 0 Å². The lowest BCUT2D eigenvalue weighted by atomic mass is 10.0. The molecule has 2 nitrogen and oxygen atoms in total. The number of nitrogens with zero attached hydrogens (tertiary/aromatic N) is 1. The van der Waals surface area contributed by atoms with Crippen molar-refractivity contribution in [2.24, 2.45) is 0 Å². The summed E-state index contributed by atoms with van der Waals surface area (Å²) in [5.74, 6) is -0.197. The molecule has 2 aromatic carbocycles. The Bertz CT molecular complexity index is 587. The van der Waals surface area contributed by atoms with Gasteiger partial charge in [0.25, 0.3) is 0 Å². The largest absolute Gasteiger partial charge is 0.494 e. The molecule has 0 spiro atoms. The fourth-order valence-electron chi connectivity index (χ4n) is 1.61. The monoisotopic (exact) mass is 227 g/mol. The van der Waals surface area contributed by atoms with Gasteiger partial charge >= 0.3 is 0 Å². The van der Waals surface area contributed by atoms with Crippen LogP contribution in [0.2, 0.25) is 0 Å². The highest BCUT2D eigenvalue weighted by Gasteiger charge is 2.05. The van der Waals surface area contributed by atoms with Crippen LogP contribution < -0.4 is 4.74 Å². The van der Waals surface area contributed by atoms with E-state index >= 15 is 0 Å². The fourth-order valence-corrected chi connectivity index (χ4v) is 1.61. The molecule has 0 aromatic heterocycles. The normalized spacial score (nSPS) is 9.71. The first-order valence-corrected chi connectivity index (χ1v) is 5.08. The van der Waals surface area contributed by atoms with Gasteiger partial charge in [0.15, 0.2) is 11.6 Å². The standard InChI is InChI=1S/C14H10FNO/c1-17-14-8-12(5-6-13(14)15)11-4-2-3-10(7-11)9-16/h2-8H,1H3. The average molecular weight is 227 g/mol. The molecule has 17 heavy (non-hydrogen) atoms. The van der Waals surface area contributed by atoms with E-state index in [0.717, 1.165) is 11.1 Å². The van der Waals surface area contributed by atoms with Crippen molar-refractivity contribution in [2.75, 3.05) is 7.11 Å². The van der Waals surface area contributed by atoms with Crippen molar-refractivity contribution >= 4 is 0 Å². The summed E-state index contributed by atoms with van der Waals surface area (Å²) < 4.78 is 18.2. The average Bonchev–Trinajstić information content (AvgIpc) is 2.39. The van der Waals surface area contributed by atoms with Crippen molar-refractivity contribution in [3.63, 3.8) is 0 Å². The van der Waals surface area contributed by atoms with Gasteiger partial charge in [0.1, 0.15) is 0 Å². The predicted molar refractivity (Wildman–Crippen MR) is 63.1 cm³/mol. The number of halogens is 1. The van der Waals surface area contributed by atoms with Gasteiger partial charge in [-0.1, -0.05) is 18.2 Å². The summed E-state index contributed by atoms with van der Waals surface area (Å²) in [4.78, 5) is 0. The molecule has 0 aliphatic rings. The van der Waals surface area contributed by atoms with Crippen LogP contribution >= 0.6 is 0 Å². The topological polar surface area (TPSA) is 33.0 Å². The Kier molecular flexibility index (Phi) is 3.06. The Labute approximate surface area is 98.9 Å². The Morgan fingerprint density at radius 3 is 2.59 bits per heavy atom. The third-order valence-corrected chi connectivity index (χ3v) is 2.48. The molecule has 0 radical (unpaired) electrons. The highest BCUT2D eigenvalue weighted by molar-refractivity contribution is 5.66. The number of benzene rings is 2. The van der Waals surface area contributed by atoms with Crippen molar-refractivity contribution in [3.05, 3.63) is 53.8 Å². The minimum Gasteiger partial charge on any atom is -0.494 e. The Morgan fingerprint density at radius 1 is 1.12 bits per heavy atom.